The fourth-order valence-electron chi connectivity index (χ4n) is 0.697. The number of aryl methyl sites for hydroxylation is 1. The Labute approximate surface area is 67.6 Å². The van der Waals surface area contributed by atoms with Crippen LogP contribution in [0.15, 0.2) is 18.2 Å². The molecule has 0 aliphatic heterocycles. The van der Waals surface area contributed by atoms with E-state index in [1.807, 2.05) is 13.0 Å². The summed E-state index contributed by atoms with van der Waals surface area (Å²) in [6, 6.07) is 5.00. The molecule has 1 nitrogen and oxygen atoms in total. The third kappa shape index (κ3) is 1.48. The normalized spacial score (nSPS) is 9.50. The maximum absolute atomic E-state index is 12.8. The van der Waals surface area contributed by atoms with Gasteiger partial charge in [0, 0.05) is 16.1 Å². The van der Waals surface area contributed by atoms with Gasteiger partial charge in [-0.15, -0.1) is 0 Å². The molecule has 1 aromatic rings. The summed E-state index contributed by atoms with van der Waals surface area (Å²) in [6.07, 6.45) is 0. The highest BCUT2D eigenvalue weighted by Gasteiger charge is 1.97. The molecule has 0 saturated carbocycles. The van der Waals surface area contributed by atoms with Crippen LogP contribution in [0.25, 0.3) is 0 Å². The van der Waals surface area contributed by atoms with Crippen molar-refractivity contribution in [3.8, 4) is 0 Å². The van der Waals surface area contributed by atoms with Gasteiger partial charge in [0.2, 0.25) is 0 Å². The van der Waals surface area contributed by atoms with E-state index in [1.54, 1.807) is 6.07 Å². The van der Waals surface area contributed by atoms with Gasteiger partial charge in [-0.25, -0.2) is 4.39 Å². The zero-order valence-corrected chi connectivity index (χ0v) is 7.07. The lowest BCUT2D eigenvalue weighted by Gasteiger charge is -1.99. The topological polar surface area (TPSA) is 12.0 Å². The molecule has 10 heavy (non-hydrogen) atoms. The average Bonchev–Trinajstić information content (AvgIpc) is 1.88. The van der Waals surface area contributed by atoms with E-state index in [1.165, 1.54) is 6.07 Å². The Hall–Kier alpha value is -0.570. The van der Waals surface area contributed by atoms with Crippen molar-refractivity contribution in [2.45, 2.75) is 6.92 Å². The van der Waals surface area contributed by atoms with Crippen LogP contribution in [0.1, 0.15) is 5.56 Å². The molecule has 0 aliphatic carbocycles. The third-order valence-corrected chi connectivity index (χ3v) is 1.65. The van der Waals surface area contributed by atoms with Crippen LogP contribution in [-0.4, -0.2) is 0 Å². The lowest BCUT2D eigenvalue weighted by molar-refractivity contribution is 0.631. The quantitative estimate of drug-likeness (QED) is 0.693. The zero-order valence-electron chi connectivity index (χ0n) is 5.49. The van der Waals surface area contributed by atoms with Gasteiger partial charge < -0.3 is 4.34 Å². The van der Waals surface area contributed by atoms with Crippen LogP contribution >= 0.6 is 16.1 Å². The molecule has 0 atom stereocenters. The molecule has 3 heteroatoms. The van der Waals surface area contributed by atoms with Gasteiger partial charge in [-0.2, -0.15) is 0 Å². The van der Waals surface area contributed by atoms with Crippen LogP contribution in [0.4, 0.5) is 10.1 Å². The van der Waals surface area contributed by atoms with E-state index in [2.05, 4.69) is 20.5 Å². The van der Waals surface area contributed by atoms with Crippen molar-refractivity contribution in [3.63, 3.8) is 0 Å². The Balaban J connectivity index is 3.07. The minimum atomic E-state index is -0.239. The Bertz CT molecular complexity index is 237. The number of nitrogens with one attached hydrogen (secondary N) is 1. The highest BCUT2D eigenvalue weighted by atomic mass is 79.9. The molecular weight excluding hydrogens is 197 g/mol. The molecule has 0 heterocycles. The molecule has 1 N–H and O–H groups in total. The molecule has 0 saturated heterocycles. The van der Waals surface area contributed by atoms with E-state index < -0.39 is 0 Å². The maximum Gasteiger partial charge on any atom is 0.147 e. The minimum absolute atomic E-state index is 0.239. The van der Waals surface area contributed by atoms with Gasteiger partial charge in [-0.3, -0.25) is 0 Å². The van der Waals surface area contributed by atoms with Crippen molar-refractivity contribution < 1.29 is 4.39 Å². The van der Waals surface area contributed by atoms with Crippen molar-refractivity contribution in [2.24, 2.45) is 0 Å². The molecule has 1 rings (SSSR count). The maximum atomic E-state index is 12.8. The molecule has 0 spiro atoms. The lowest BCUT2D eigenvalue weighted by Crippen LogP contribution is -1.85. The molecule has 0 fully saturated rings. The first-order valence-corrected chi connectivity index (χ1v) is 3.66. The fraction of sp³-hybridized carbons (Fsp3) is 0.143. The predicted molar refractivity (Wildman–Crippen MR) is 43.7 cm³/mol. The van der Waals surface area contributed by atoms with Crippen molar-refractivity contribution >= 4 is 21.8 Å². The number of anilines is 1. The first kappa shape index (κ1) is 7.54. The van der Waals surface area contributed by atoms with Crippen LogP contribution in [0, 0.1) is 12.7 Å². The Morgan fingerprint density at radius 2 is 2.20 bits per heavy atom. The van der Waals surface area contributed by atoms with Crippen LogP contribution in [-0.2, 0) is 0 Å². The number of hydrogen-bond donors (Lipinski definition) is 1. The summed E-state index contributed by atoms with van der Waals surface area (Å²) in [5.41, 5.74) is 1.38. The van der Waals surface area contributed by atoms with Crippen molar-refractivity contribution in [2.75, 3.05) is 4.34 Å². The van der Waals surface area contributed by atoms with Gasteiger partial charge >= 0.3 is 0 Å². The van der Waals surface area contributed by atoms with Gasteiger partial charge in [-0.05, 0) is 24.6 Å². The summed E-state index contributed by atoms with van der Waals surface area (Å²) in [7, 11) is 0. The van der Waals surface area contributed by atoms with E-state index >= 15 is 0 Å². The van der Waals surface area contributed by atoms with Gasteiger partial charge in [0.1, 0.15) is 5.82 Å². The second kappa shape index (κ2) is 3.01. The highest BCUT2D eigenvalue weighted by molar-refractivity contribution is 9.10. The molecule has 1 aromatic carbocycles. The standard InChI is InChI=1S/C7H7BrFN/c1-5-2-3-7(10-8)6(9)4-5/h2-4,10H,1H3. The monoisotopic (exact) mass is 203 g/mol. The summed E-state index contributed by atoms with van der Waals surface area (Å²) in [5, 5.41) is 0. The number of rotatable bonds is 1. The molecule has 0 amide bonds. The molecular formula is C7H7BrFN. The van der Waals surface area contributed by atoms with E-state index in [-0.39, 0.29) is 5.82 Å². The number of benzene rings is 1. The molecule has 0 radical (unpaired) electrons. The van der Waals surface area contributed by atoms with Gasteiger partial charge in [0.05, 0.1) is 5.69 Å². The van der Waals surface area contributed by atoms with Crippen LogP contribution in [0.2, 0.25) is 0 Å². The van der Waals surface area contributed by atoms with E-state index in [0.29, 0.717) is 5.69 Å². The second-order valence-electron chi connectivity index (χ2n) is 2.08. The van der Waals surface area contributed by atoms with E-state index in [0.717, 1.165) is 5.56 Å². The zero-order chi connectivity index (χ0) is 7.56. The van der Waals surface area contributed by atoms with Crippen LogP contribution in [0.3, 0.4) is 0 Å². The summed E-state index contributed by atoms with van der Waals surface area (Å²) >= 11 is 2.94. The van der Waals surface area contributed by atoms with Gasteiger partial charge in [0.25, 0.3) is 0 Å². The van der Waals surface area contributed by atoms with Gasteiger partial charge in [-0.1, -0.05) is 6.07 Å². The van der Waals surface area contributed by atoms with Crippen molar-refractivity contribution in [3.05, 3.63) is 29.6 Å². The molecule has 0 unspecified atom stereocenters. The smallest absolute Gasteiger partial charge is 0.147 e. The Kier molecular flexibility index (Phi) is 2.27. The highest BCUT2D eigenvalue weighted by Crippen LogP contribution is 2.15. The van der Waals surface area contributed by atoms with Crippen molar-refractivity contribution in [1.82, 2.24) is 0 Å². The van der Waals surface area contributed by atoms with E-state index in [4.69, 9.17) is 0 Å². The Morgan fingerprint density at radius 3 is 2.70 bits per heavy atom. The molecule has 54 valence electrons. The second-order valence-corrected chi connectivity index (χ2v) is 2.47. The predicted octanol–water partition coefficient (Wildman–Crippen LogP) is 2.86. The largest absolute Gasteiger partial charge is 0.320 e. The molecule has 0 bridgehead atoms. The summed E-state index contributed by atoms with van der Waals surface area (Å²) in [4.78, 5) is 0. The van der Waals surface area contributed by atoms with Crippen molar-refractivity contribution in [1.29, 1.82) is 0 Å². The number of hydrogen-bond acceptors (Lipinski definition) is 1. The third-order valence-electron chi connectivity index (χ3n) is 1.23. The average molecular weight is 204 g/mol. The lowest BCUT2D eigenvalue weighted by atomic mass is 10.2. The van der Waals surface area contributed by atoms with Gasteiger partial charge in [0.15, 0.2) is 0 Å². The summed E-state index contributed by atoms with van der Waals surface area (Å²) < 4.78 is 15.3. The molecule has 0 aromatic heterocycles. The minimum Gasteiger partial charge on any atom is -0.320 e. The molecule has 0 aliphatic rings. The summed E-state index contributed by atoms with van der Waals surface area (Å²) in [5.74, 6) is -0.239. The van der Waals surface area contributed by atoms with E-state index in [9.17, 15) is 4.39 Å². The first-order chi connectivity index (χ1) is 4.74. The van der Waals surface area contributed by atoms with Crippen LogP contribution in [0.5, 0.6) is 0 Å². The van der Waals surface area contributed by atoms with Crippen LogP contribution < -0.4 is 4.34 Å². The summed E-state index contributed by atoms with van der Waals surface area (Å²) in [6.45, 7) is 1.85. The first-order valence-electron chi connectivity index (χ1n) is 2.87. The fourth-order valence-corrected chi connectivity index (χ4v) is 1.02. The SMILES string of the molecule is Cc1ccc(NBr)c(F)c1. The number of halogens is 2. The Morgan fingerprint density at radius 1 is 1.50 bits per heavy atom.